The van der Waals surface area contributed by atoms with Gasteiger partial charge < -0.3 is 9.84 Å². The predicted molar refractivity (Wildman–Crippen MR) is 78.5 cm³/mol. The molecule has 21 heavy (non-hydrogen) atoms. The van der Waals surface area contributed by atoms with E-state index in [2.05, 4.69) is 15.5 Å². The Bertz CT molecular complexity index is 877. The van der Waals surface area contributed by atoms with Crippen LogP contribution in [0.4, 0.5) is 5.82 Å². The van der Waals surface area contributed by atoms with E-state index >= 15 is 0 Å². The van der Waals surface area contributed by atoms with E-state index in [9.17, 15) is 9.59 Å². The van der Waals surface area contributed by atoms with Crippen molar-refractivity contribution >= 4 is 33.3 Å². The maximum Gasteiger partial charge on any atom is 0.271 e. The third-order valence-electron chi connectivity index (χ3n) is 2.93. The zero-order valence-corrected chi connectivity index (χ0v) is 12.2. The van der Waals surface area contributed by atoms with Crippen LogP contribution >= 0.6 is 11.3 Å². The van der Waals surface area contributed by atoms with E-state index in [0.717, 1.165) is 5.56 Å². The first-order valence-corrected chi connectivity index (χ1v) is 7.09. The van der Waals surface area contributed by atoms with Gasteiger partial charge in [0.15, 0.2) is 5.82 Å². The molecule has 0 spiro atoms. The van der Waals surface area contributed by atoms with Crippen molar-refractivity contribution in [2.75, 3.05) is 5.32 Å². The van der Waals surface area contributed by atoms with Gasteiger partial charge >= 0.3 is 0 Å². The van der Waals surface area contributed by atoms with Crippen LogP contribution in [0.2, 0.25) is 0 Å². The summed E-state index contributed by atoms with van der Waals surface area (Å²) in [6, 6.07) is 1.60. The SMILES string of the molecule is Cc1cc(NC(=O)Cn2cnc3c(C)csc3c2=O)no1. The maximum absolute atomic E-state index is 12.3. The number of aromatic nitrogens is 3. The Morgan fingerprint density at radius 1 is 1.48 bits per heavy atom. The summed E-state index contributed by atoms with van der Waals surface area (Å²) in [7, 11) is 0. The van der Waals surface area contributed by atoms with E-state index in [-0.39, 0.29) is 18.0 Å². The van der Waals surface area contributed by atoms with Gasteiger partial charge in [-0.05, 0) is 24.8 Å². The van der Waals surface area contributed by atoms with Crippen molar-refractivity contribution in [3.63, 3.8) is 0 Å². The molecular weight excluding hydrogens is 292 g/mol. The standard InChI is InChI=1S/C13H12N4O3S/c1-7-5-21-12-11(7)14-6-17(13(12)19)4-10(18)15-9-3-8(2)20-16-9/h3,5-6H,4H2,1-2H3,(H,15,16,18). The zero-order valence-electron chi connectivity index (χ0n) is 11.4. The zero-order chi connectivity index (χ0) is 15.0. The lowest BCUT2D eigenvalue weighted by atomic mass is 10.3. The first kappa shape index (κ1) is 13.5. The number of hydrogen-bond acceptors (Lipinski definition) is 6. The number of anilines is 1. The van der Waals surface area contributed by atoms with E-state index < -0.39 is 0 Å². The van der Waals surface area contributed by atoms with Crippen LogP contribution in [0.25, 0.3) is 10.2 Å². The highest BCUT2D eigenvalue weighted by Gasteiger charge is 2.12. The minimum Gasteiger partial charge on any atom is -0.360 e. The number of rotatable bonds is 3. The maximum atomic E-state index is 12.3. The normalized spacial score (nSPS) is 11.0. The minimum atomic E-state index is -0.361. The average Bonchev–Trinajstić information content (AvgIpc) is 3.00. The number of aryl methyl sites for hydroxylation is 2. The highest BCUT2D eigenvalue weighted by atomic mass is 32.1. The topological polar surface area (TPSA) is 90.0 Å². The molecule has 1 N–H and O–H groups in total. The van der Waals surface area contributed by atoms with Gasteiger partial charge in [-0.25, -0.2) is 4.98 Å². The van der Waals surface area contributed by atoms with Crippen molar-refractivity contribution in [1.29, 1.82) is 0 Å². The molecule has 7 nitrogen and oxygen atoms in total. The Hall–Kier alpha value is -2.48. The Kier molecular flexibility index (Phi) is 3.30. The molecule has 3 aromatic rings. The Balaban J connectivity index is 1.83. The molecule has 3 heterocycles. The van der Waals surface area contributed by atoms with Crippen LogP contribution in [-0.4, -0.2) is 20.6 Å². The number of carbonyl (C=O) groups is 1. The number of hydrogen-bond donors (Lipinski definition) is 1. The molecule has 0 atom stereocenters. The molecule has 0 bridgehead atoms. The van der Waals surface area contributed by atoms with Gasteiger partial charge in [0.25, 0.3) is 5.56 Å². The lowest BCUT2D eigenvalue weighted by molar-refractivity contribution is -0.116. The predicted octanol–water partition coefficient (Wildman–Crippen LogP) is 1.70. The van der Waals surface area contributed by atoms with Crippen LogP contribution in [0.3, 0.4) is 0 Å². The van der Waals surface area contributed by atoms with Gasteiger partial charge in [-0.2, -0.15) is 0 Å². The summed E-state index contributed by atoms with van der Waals surface area (Å²) in [6.45, 7) is 3.50. The first-order chi connectivity index (χ1) is 10.0. The molecule has 0 aliphatic rings. The van der Waals surface area contributed by atoms with Gasteiger partial charge in [0.05, 0.1) is 11.8 Å². The van der Waals surface area contributed by atoms with Gasteiger partial charge in [-0.3, -0.25) is 14.2 Å². The lowest BCUT2D eigenvalue weighted by Gasteiger charge is -2.04. The minimum absolute atomic E-state index is 0.120. The molecule has 0 unspecified atom stereocenters. The fourth-order valence-corrected chi connectivity index (χ4v) is 2.89. The molecule has 3 rings (SSSR count). The molecule has 0 aliphatic carbocycles. The molecule has 0 fully saturated rings. The molecular formula is C13H12N4O3S. The number of carbonyl (C=O) groups excluding carboxylic acids is 1. The number of thiophene rings is 1. The Morgan fingerprint density at radius 3 is 3.00 bits per heavy atom. The number of fused-ring (bicyclic) bond motifs is 1. The van der Waals surface area contributed by atoms with Crippen molar-refractivity contribution < 1.29 is 9.32 Å². The van der Waals surface area contributed by atoms with Crippen molar-refractivity contribution in [3.05, 3.63) is 39.5 Å². The van der Waals surface area contributed by atoms with Crippen LogP contribution in [0.15, 0.2) is 27.1 Å². The quantitative estimate of drug-likeness (QED) is 0.795. The van der Waals surface area contributed by atoms with E-state index in [4.69, 9.17) is 4.52 Å². The Morgan fingerprint density at radius 2 is 2.29 bits per heavy atom. The highest BCUT2D eigenvalue weighted by molar-refractivity contribution is 7.17. The van der Waals surface area contributed by atoms with Crippen LogP contribution in [0, 0.1) is 13.8 Å². The number of amides is 1. The average molecular weight is 304 g/mol. The van der Waals surface area contributed by atoms with Crippen molar-refractivity contribution in [2.24, 2.45) is 0 Å². The molecule has 8 heteroatoms. The third-order valence-corrected chi connectivity index (χ3v) is 4.01. The monoisotopic (exact) mass is 304 g/mol. The summed E-state index contributed by atoms with van der Waals surface area (Å²) in [4.78, 5) is 28.4. The van der Waals surface area contributed by atoms with Crippen LogP contribution in [0.1, 0.15) is 11.3 Å². The number of nitrogens with zero attached hydrogens (tertiary/aromatic N) is 3. The second kappa shape index (κ2) is 5.13. The summed E-state index contributed by atoms with van der Waals surface area (Å²) in [5.74, 6) is 0.561. The highest BCUT2D eigenvalue weighted by Crippen LogP contribution is 2.19. The smallest absolute Gasteiger partial charge is 0.271 e. The third kappa shape index (κ3) is 2.57. The molecule has 0 aromatic carbocycles. The van der Waals surface area contributed by atoms with E-state index in [1.807, 2.05) is 12.3 Å². The van der Waals surface area contributed by atoms with Gasteiger partial charge in [0.2, 0.25) is 5.91 Å². The van der Waals surface area contributed by atoms with Crippen LogP contribution in [0.5, 0.6) is 0 Å². The van der Waals surface area contributed by atoms with Gasteiger partial charge in [-0.1, -0.05) is 5.16 Å². The van der Waals surface area contributed by atoms with Gasteiger partial charge in [-0.15, -0.1) is 11.3 Å². The van der Waals surface area contributed by atoms with Gasteiger partial charge in [0.1, 0.15) is 17.0 Å². The molecule has 1 amide bonds. The molecule has 3 aromatic heterocycles. The molecule has 0 saturated heterocycles. The molecule has 0 radical (unpaired) electrons. The van der Waals surface area contributed by atoms with Crippen LogP contribution < -0.4 is 10.9 Å². The molecule has 0 aliphatic heterocycles. The largest absolute Gasteiger partial charge is 0.360 e. The summed E-state index contributed by atoms with van der Waals surface area (Å²) in [5, 5.41) is 8.11. The van der Waals surface area contributed by atoms with Crippen molar-refractivity contribution in [2.45, 2.75) is 20.4 Å². The fraction of sp³-hybridized carbons (Fsp3) is 0.231. The fourth-order valence-electron chi connectivity index (χ4n) is 1.94. The first-order valence-electron chi connectivity index (χ1n) is 6.21. The molecule has 0 saturated carbocycles. The summed E-state index contributed by atoms with van der Waals surface area (Å²) in [6.07, 6.45) is 1.39. The summed E-state index contributed by atoms with van der Waals surface area (Å²) >= 11 is 1.33. The second-order valence-electron chi connectivity index (χ2n) is 4.65. The summed E-state index contributed by atoms with van der Waals surface area (Å²) in [5.41, 5.74) is 1.43. The second-order valence-corrected chi connectivity index (χ2v) is 5.52. The van der Waals surface area contributed by atoms with Crippen LogP contribution in [-0.2, 0) is 11.3 Å². The van der Waals surface area contributed by atoms with E-state index in [1.54, 1.807) is 13.0 Å². The van der Waals surface area contributed by atoms with E-state index in [1.165, 1.54) is 22.2 Å². The van der Waals surface area contributed by atoms with Gasteiger partial charge in [0, 0.05) is 6.07 Å². The van der Waals surface area contributed by atoms with Crippen molar-refractivity contribution in [1.82, 2.24) is 14.7 Å². The molecule has 108 valence electrons. The van der Waals surface area contributed by atoms with E-state index in [0.29, 0.717) is 21.8 Å². The van der Waals surface area contributed by atoms with Crippen molar-refractivity contribution in [3.8, 4) is 0 Å². The number of nitrogens with one attached hydrogen (secondary N) is 1. The summed E-state index contributed by atoms with van der Waals surface area (Å²) < 4.78 is 6.69. The lowest BCUT2D eigenvalue weighted by Crippen LogP contribution is -2.27. The Labute approximate surface area is 123 Å².